The predicted molar refractivity (Wildman–Crippen MR) is 95.2 cm³/mol. The van der Waals surface area contributed by atoms with Gasteiger partial charge < -0.3 is 15.4 Å². The molecule has 2 aromatic rings. The Hall–Kier alpha value is -1.95. The maximum absolute atomic E-state index is 11.8. The summed E-state index contributed by atoms with van der Waals surface area (Å²) in [6.07, 6.45) is -0.0442. The fourth-order valence-electron chi connectivity index (χ4n) is 1.77. The minimum atomic E-state index is -0.582. The maximum atomic E-state index is 11.8. The molecule has 0 aliphatic heterocycles. The number of halogens is 3. The van der Waals surface area contributed by atoms with E-state index in [1.54, 1.807) is 24.3 Å². The average Bonchev–Trinajstić information content (AvgIpc) is 2.52. The third-order valence-electron chi connectivity index (χ3n) is 2.83. The molecule has 0 atom stereocenters. The molecule has 0 saturated carbocycles. The molecule has 5 nitrogen and oxygen atoms in total. The number of anilines is 1. The summed E-state index contributed by atoms with van der Waals surface area (Å²) in [7, 11) is 0. The van der Waals surface area contributed by atoms with Crippen LogP contribution in [0.5, 0.6) is 5.75 Å². The second-order valence-electron chi connectivity index (χ2n) is 4.67. The highest BCUT2D eigenvalue weighted by Gasteiger charge is 2.14. The van der Waals surface area contributed by atoms with Crippen LogP contribution in [0.4, 0.5) is 10.5 Å². The molecule has 0 aromatic heterocycles. The molecule has 0 aliphatic carbocycles. The number of para-hydroxylation sites is 1. The van der Waals surface area contributed by atoms with Gasteiger partial charge in [-0.25, -0.2) is 4.79 Å². The van der Waals surface area contributed by atoms with Gasteiger partial charge in [-0.15, -0.1) is 0 Å². The van der Waals surface area contributed by atoms with E-state index >= 15 is 0 Å². The Labute approximate surface area is 153 Å². The second kappa shape index (κ2) is 8.78. The van der Waals surface area contributed by atoms with Gasteiger partial charge in [0.2, 0.25) is 0 Å². The molecule has 126 valence electrons. The highest BCUT2D eigenvalue weighted by atomic mass is 35.5. The van der Waals surface area contributed by atoms with E-state index in [1.807, 2.05) is 6.07 Å². The lowest BCUT2D eigenvalue weighted by Gasteiger charge is -2.10. The number of hydrogen-bond acceptors (Lipinski definition) is 3. The number of benzene rings is 2. The van der Waals surface area contributed by atoms with Crippen LogP contribution in [0.2, 0.25) is 15.1 Å². The second-order valence-corrected chi connectivity index (χ2v) is 5.92. The molecule has 0 fully saturated rings. The molecule has 0 bridgehead atoms. The molecule has 0 spiro atoms. The molecule has 2 rings (SSSR count). The van der Waals surface area contributed by atoms with Crippen LogP contribution in [-0.4, -0.2) is 18.5 Å². The summed E-state index contributed by atoms with van der Waals surface area (Å²) in [5, 5.41) is 5.79. The first-order valence-corrected chi connectivity index (χ1v) is 8.04. The van der Waals surface area contributed by atoms with Crippen LogP contribution in [-0.2, 0) is 4.79 Å². The minimum absolute atomic E-state index is 0.0430. The third kappa shape index (κ3) is 5.60. The maximum Gasteiger partial charge on any atom is 0.319 e. The van der Waals surface area contributed by atoms with E-state index in [9.17, 15) is 9.59 Å². The van der Waals surface area contributed by atoms with Crippen molar-refractivity contribution in [2.75, 3.05) is 11.9 Å². The number of ether oxygens (including phenoxy) is 1. The molecule has 2 amide bonds. The topological polar surface area (TPSA) is 67.4 Å². The first-order chi connectivity index (χ1) is 11.5. The number of amides is 2. The van der Waals surface area contributed by atoms with E-state index in [-0.39, 0.29) is 28.8 Å². The number of hydrogen-bond donors (Lipinski definition) is 2. The van der Waals surface area contributed by atoms with Gasteiger partial charge >= 0.3 is 12.0 Å². The van der Waals surface area contributed by atoms with Gasteiger partial charge in [0, 0.05) is 17.3 Å². The van der Waals surface area contributed by atoms with Crippen LogP contribution >= 0.6 is 34.8 Å². The summed E-state index contributed by atoms with van der Waals surface area (Å²) in [5.74, 6) is -0.539. The quantitative estimate of drug-likeness (QED) is 0.574. The number of rotatable bonds is 5. The van der Waals surface area contributed by atoms with Crippen LogP contribution in [0.3, 0.4) is 0 Å². The van der Waals surface area contributed by atoms with E-state index in [1.165, 1.54) is 12.1 Å². The van der Waals surface area contributed by atoms with E-state index in [4.69, 9.17) is 39.5 Å². The molecule has 0 aliphatic rings. The summed E-state index contributed by atoms with van der Waals surface area (Å²) in [6, 6.07) is 11.4. The molecular weight excluding hydrogens is 375 g/mol. The Morgan fingerprint density at radius 3 is 2.25 bits per heavy atom. The average molecular weight is 388 g/mol. The van der Waals surface area contributed by atoms with Gasteiger partial charge in [0.05, 0.1) is 16.5 Å². The number of nitrogens with one attached hydrogen (secondary N) is 2. The molecular formula is C16H13Cl3N2O3. The Bertz CT molecular complexity index is 716. The van der Waals surface area contributed by atoms with Crippen LogP contribution in [0.15, 0.2) is 42.5 Å². The standard InChI is InChI=1S/C16H13Cl3N2O3/c17-10-8-12(18)15(13(19)9-10)24-14(22)6-7-20-16(23)21-11-4-2-1-3-5-11/h1-5,8-9H,6-7H2,(H2,20,21,23). The summed E-state index contributed by atoms with van der Waals surface area (Å²) in [5.41, 5.74) is 0.650. The minimum Gasteiger partial charge on any atom is -0.423 e. The zero-order valence-corrected chi connectivity index (χ0v) is 14.6. The SMILES string of the molecule is O=C(NCCC(=O)Oc1c(Cl)cc(Cl)cc1Cl)Nc1ccccc1. The Morgan fingerprint density at radius 1 is 1.00 bits per heavy atom. The van der Waals surface area contributed by atoms with Gasteiger partial charge in [0.25, 0.3) is 0 Å². The van der Waals surface area contributed by atoms with Gasteiger partial charge in [-0.1, -0.05) is 53.0 Å². The summed E-state index contributed by atoms with van der Waals surface area (Å²) in [4.78, 5) is 23.5. The number of urea groups is 1. The molecule has 8 heteroatoms. The Morgan fingerprint density at radius 2 is 1.62 bits per heavy atom. The Kier molecular flexibility index (Phi) is 6.73. The van der Waals surface area contributed by atoms with Gasteiger partial charge in [-0.05, 0) is 24.3 Å². The van der Waals surface area contributed by atoms with Crippen LogP contribution < -0.4 is 15.4 Å². The normalized spacial score (nSPS) is 10.1. The highest BCUT2D eigenvalue weighted by molar-refractivity contribution is 6.40. The molecule has 0 radical (unpaired) electrons. The van der Waals surface area contributed by atoms with Crippen molar-refractivity contribution in [3.05, 3.63) is 57.5 Å². The third-order valence-corrected chi connectivity index (χ3v) is 3.61. The predicted octanol–water partition coefficient (Wildman–Crippen LogP) is 4.76. The van der Waals surface area contributed by atoms with E-state index in [0.29, 0.717) is 10.7 Å². The molecule has 0 saturated heterocycles. The van der Waals surface area contributed by atoms with Gasteiger partial charge in [-0.3, -0.25) is 4.79 Å². The molecule has 2 aromatic carbocycles. The van der Waals surface area contributed by atoms with Crippen LogP contribution in [0.25, 0.3) is 0 Å². The van der Waals surface area contributed by atoms with Crippen molar-refractivity contribution in [1.29, 1.82) is 0 Å². The fraction of sp³-hybridized carbons (Fsp3) is 0.125. The molecule has 24 heavy (non-hydrogen) atoms. The number of carbonyl (C=O) groups is 2. The van der Waals surface area contributed by atoms with Crippen LogP contribution in [0.1, 0.15) is 6.42 Å². The van der Waals surface area contributed by atoms with Crippen molar-refractivity contribution in [2.45, 2.75) is 6.42 Å². The lowest BCUT2D eigenvalue weighted by molar-refractivity contribution is -0.134. The van der Waals surface area contributed by atoms with E-state index in [0.717, 1.165) is 0 Å². The molecule has 0 heterocycles. The zero-order chi connectivity index (χ0) is 17.5. The molecule has 0 unspecified atom stereocenters. The summed E-state index contributed by atoms with van der Waals surface area (Å²) < 4.78 is 5.10. The monoisotopic (exact) mass is 386 g/mol. The Balaban J connectivity index is 1.78. The largest absolute Gasteiger partial charge is 0.423 e. The molecule has 2 N–H and O–H groups in total. The highest BCUT2D eigenvalue weighted by Crippen LogP contribution is 2.35. The van der Waals surface area contributed by atoms with E-state index in [2.05, 4.69) is 10.6 Å². The van der Waals surface area contributed by atoms with E-state index < -0.39 is 12.0 Å². The first kappa shape index (κ1) is 18.4. The van der Waals surface area contributed by atoms with Gasteiger partial charge in [-0.2, -0.15) is 0 Å². The van der Waals surface area contributed by atoms with Crippen molar-refractivity contribution in [3.8, 4) is 5.75 Å². The van der Waals surface area contributed by atoms with Crippen LogP contribution in [0, 0.1) is 0 Å². The van der Waals surface area contributed by atoms with Crippen molar-refractivity contribution >= 4 is 52.5 Å². The number of carbonyl (C=O) groups excluding carboxylic acids is 2. The fourth-order valence-corrected chi connectivity index (χ4v) is 2.66. The van der Waals surface area contributed by atoms with Crippen molar-refractivity contribution in [2.24, 2.45) is 0 Å². The zero-order valence-electron chi connectivity index (χ0n) is 12.3. The van der Waals surface area contributed by atoms with Crippen molar-refractivity contribution < 1.29 is 14.3 Å². The summed E-state index contributed by atoms with van der Waals surface area (Å²) >= 11 is 17.6. The smallest absolute Gasteiger partial charge is 0.319 e. The van der Waals surface area contributed by atoms with Gasteiger partial charge in [0.1, 0.15) is 0 Å². The van der Waals surface area contributed by atoms with Crippen molar-refractivity contribution in [3.63, 3.8) is 0 Å². The lowest BCUT2D eigenvalue weighted by Crippen LogP contribution is -2.31. The summed E-state index contributed by atoms with van der Waals surface area (Å²) in [6.45, 7) is 0.0975. The first-order valence-electron chi connectivity index (χ1n) is 6.91. The van der Waals surface area contributed by atoms with Crippen molar-refractivity contribution in [1.82, 2.24) is 5.32 Å². The van der Waals surface area contributed by atoms with Gasteiger partial charge in [0.15, 0.2) is 5.75 Å². The number of esters is 1. The lowest BCUT2D eigenvalue weighted by atomic mass is 10.3.